The second kappa shape index (κ2) is 9.67. The van der Waals surface area contributed by atoms with E-state index < -0.39 is 6.10 Å². The number of likely N-dealkylation sites (tertiary alicyclic amines) is 1. The monoisotopic (exact) mass is 366 g/mol. The van der Waals surface area contributed by atoms with E-state index in [1.807, 2.05) is 72.5 Å². The van der Waals surface area contributed by atoms with Gasteiger partial charge in [0.1, 0.15) is 0 Å². The van der Waals surface area contributed by atoms with Gasteiger partial charge in [-0.1, -0.05) is 55.5 Å². The predicted octanol–water partition coefficient (Wildman–Crippen LogP) is 3.88. The Bertz CT molecular complexity index is 705. The number of aliphatic hydroxyl groups excluding tert-OH is 1. The van der Waals surface area contributed by atoms with Crippen LogP contribution in [0.5, 0.6) is 0 Å². The molecule has 2 unspecified atom stereocenters. The molecule has 4 nitrogen and oxygen atoms in total. The molecule has 1 fully saturated rings. The fourth-order valence-electron chi connectivity index (χ4n) is 3.90. The number of rotatable bonds is 7. The average molecular weight is 367 g/mol. The van der Waals surface area contributed by atoms with Gasteiger partial charge in [-0.15, -0.1) is 0 Å². The molecule has 0 bridgehead atoms. The molecule has 1 aliphatic rings. The van der Waals surface area contributed by atoms with Crippen LogP contribution in [0.4, 0.5) is 5.69 Å². The minimum atomic E-state index is -0.465. The van der Waals surface area contributed by atoms with E-state index in [0.29, 0.717) is 18.9 Å². The molecule has 0 aromatic heterocycles. The molecule has 4 heteroatoms. The number of amides is 1. The zero-order chi connectivity index (χ0) is 19.1. The first-order valence-corrected chi connectivity index (χ1v) is 9.98. The third-order valence-electron chi connectivity index (χ3n) is 5.33. The number of carbonyl (C=O) groups is 1. The SMILES string of the molecule is CCC(=O)N(CC1CCCN(CC(O)c2ccccc2)C1)c1ccccc1. The third-order valence-corrected chi connectivity index (χ3v) is 5.33. The summed E-state index contributed by atoms with van der Waals surface area (Å²) in [6.45, 7) is 5.24. The predicted molar refractivity (Wildman–Crippen MR) is 110 cm³/mol. The van der Waals surface area contributed by atoms with Gasteiger partial charge in [-0.25, -0.2) is 0 Å². The van der Waals surface area contributed by atoms with Crippen molar-refractivity contribution in [2.45, 2.75) is 32.3 Å². The fraction of sp³-hybridized carbons (Fsp3) is 0.435. The molecule has 0 spiro atoms. The summed E-state index contributed by atoms with van der Waals surface area (Å²) >= 11 is 0. The Kier molecular flexibility index (Phi) is 7.02. The van der Waals surface area contributed by atoms with E-state index in [1.165, 1.54) is 0 Å². The second-order valence-corrected chi connectivity index (χ2v) is 7.39. The fourth-order valence-corrected chi connectivity index (χ4v) is 3.90. The summed E-state index contributed by atoms with van der Waals surface area (Å²) < 4.78 is 0. The number of anilines is 1. The van der Waals surface area contributed by atoms with Crippen LogP contribution < -0.4 is 4.90 Å². The van der Waals surface area contributed by atoms with Crippen LogP contribution in [-0.2, 0) is 4.79 Å². The van der Waals surface area contributed by atoms with Crippen molar-refractivity contribution in [3.8, 4) is 0 Å². The quantitative estimate of drug-likeness (QED) is 0.809. The summed E-state index contributed by atoms with van der Waals surface area (Å²) in [6, 6.07) is 19.8. The topological polar surface area (TPSA) is 43.8 Å². The van der Waals surface area contributed by atoms with E-state index in [1.54, 1.807) is 0 Å². The number of para-hydroxylation sites is 1. The standard InChI is InChI=1S/C23H30N2O2/c1-2-23(27)25(21-13-7-4-8-14-21)17-19-10-9-15-24(16-19)18-22(26)20-11-5-3-6-12-20/h3-8,11-14,19,22,26H,2,9-10,15-18H2,1H3. The lowest BCUT2D eigenvalue weighted by Gasteiger charge is -2.36. The van der Waals surface area contributed by atoms with E-state index >= 15 is 0 Å². The summed E-state index contributed by atoms with van der Waals surface area (Å²) in [6.07, 6.45) is 2.28. The zero-order valence-electron chi connectivity index (χ0n) is 16.1. The first-order valence-electron chi connectivity index (χ1n) is 9.98. The van der Waals surface area contributed by atoms with Crippen molar-refractivity contribution in [2.24, 2.45) is 5.92 Å². The molecule has 27 heavy (non-hydrogen) atoms. The maximum absolute atomic E-state index is 12.5. The number of β-amino-alcohol motifs (C(OH)–C–C–N with tert-alkyl or cyclic N) is 1. The van der Waals surface area contributed by atoms with E-state index in [9.17, 15) is 9.90 Å². The molecule has 2 aromatic carbocycles. The highest BCUT2D eigenvalue weighted by atomic mass is 16.3. The lowest BCUT2D eigenvalue weighted by molar-refractivity contribution is -0.118. The molecule has 0 aliphatic carbocycles. The van der Waals surface area contributed by atoms with Crippen molar-refractivity contribution in [3.63, 3.8) is 0 Å². The lowest BCUT2D eigenvalue weighted by Crippen LogP contribution is -2.44. The van der Waals surface area contributed by atoms with Gasteiger partial charge in [0.05, 0.1) is 6.10 Å². The van der Waals surface area contributed by atoms with Gasteiger partial charge >= 0.3 is 0 Å². The smallest absolute Gasteiger partial charge is 0.226 e. The number of piperidine rings is 1. The van der Waals surface area contributed by atoms with Crippen LogP contribution in [-0.4, -0.2) is 42.1 Å². The van der Waals surface area contributed by atoms with Gasteiger partial charge in [0.25, 0.3) is 0 Å². The molecule has 2 aromatic rings. The first kappa shape index (κ1) is 19.6. The summed E-state index contributed by atoms with van der Waals surface area (Å²) in [5.41, 5.74) is 1.94. The normalized spacial score (nSPS) is 18.8. The van der Waals surface area contributed by atoms with Crippen molar-refractivity contribution in [1.82, 2.24) is 4.90 Å². The number of hydrogen-bond donors (Lipinski definition) is 1. The molecule has 1 aliphatic heterocycles. The van der Waals surface area contributed by atoms with Gasteiger partial charge < -0.3 is 14.9 Å². The largest absolute Gasteiger partial charge is 0.387 e. The first-order chi connectivity index (χ1) is 13.2. The highest BCUT2D eigenvalue weighted by Crippen LogP contribution is 2.24. The van der Waals surface area contributed by atoms with E-state index in [2.05, 4.69) is 4.90 Å². The summed E-state index contributed by atoms with van der Waals surface area (Å²) in [4.78, 5) is 16.8. The molecule has 2 atom stereocenters. The molecule has 0 radical (unpaired) electrons. The summed E-state index contributed by atoms with van der Waals surface area (Å²) in [5, 5.41) is 10.5. The van der Waals surface area contributed by atoms with Crippen LogP contribution in [0.1, 0.15) is 37.9 Å². The third kappa shape index (κ3) is 5.41. The molecule has 1 amide bonds. The maximum atomic E-state index is 12.5. The Morgan fingerprint density at radius 1 is 1.15 bits per heavy atom. The van der Waals surface area contributed by atoms with Crippen molar-refractivity contribution in [1.29, 1.82) is 0 Å². The van der Waals surface area contributed by atoms with Gasteiger partial charge in [-0.3, -0.25) is 4.79 Å². The molecule has 1 saturated heterocycles. The van der Waals surface area contributed by atoms with Gasteiger partial charge in [0.15, 0.2) is 0 Å². The Labute approximate surface area is 162 Å². The van der Waals surface area contributed by atoms with Crippen LogP contribution in [0, 0.1) is 5.92 Å². The van der Waals surface area contributed by atoms with Crippen molar-refractivity contribution in [2.75, 3.05) is 31.1 Å². The van der Waals surface area contributed by atoms with Crippen molar-refractivity contribution < 1.29 is 9.90 Å². The maximum Gasteiger partial charge on any atom is 0.226 e. The summed E-state index contributed by atoms with van der Waals surface area (Å²) in [7, 11) is 0. The van der Waals surface area contributed by atoms with Crippen LogP contribution in [0.3, 0.4) is 0 Å². The Balaban J connectivity index is 1.62. The number of nitrogens with zero attached hydrogens (tertiary/aromatic N) is 2. The number of carbonyl (C=O) groups excluding carboxylic acids is 1. The van der Waals surface area contributed by atoms with Gasteiger partial charge in [-0.2, -0.15) is 0 Å². The minimum Gasteiger partial charge on any atom is -0.387 e. The Hall–Kier alpha value is -2.17. The van der Waals surface area contributed by atoms with Gasteiger partial charge in [0.2, 0.25) is 5.91 Å². The zero-order valence-corrected chi connectivity index (χ0v) is 16.1. The van der Waals surface area contributed by atoms with Crippen LogP contribution >= 0.6 is 0 Å². The molecule has 3 rings (SSSR count). The number of benzene rings is 2. The van der Waals surface area contributed by atoms with Crippen LogP contribution in [0.25, 0.3) is 0 Å². The minimum absolute atomic E-state index is 0.169. The molecular weight excluding hydrogens is 336 g/mol. The molecule has 1 heterocycles. The van der Waals surface area contributed by atoms with E-state index in [0.717, 1.165) is 43.7 Å². The van der Waals surface area contributed by atoms with Crippen LogP contribution in [0.15, 0.2) is 60.7 Å². The number of aliphatic hydroxyl groups is 1. The van der Waals surface area contributed by atoms with Gasteiger partial charge in [0, 0.05) is 31.7 Å². The molecular formula is C23H30N2O2. The molecule has 0 saturated carbocycles. The van der Waals surface area contributed by atoms with E-state index in [-0.39, 0.29) is 5.91 Å². The van der Waals surface area contributed by atoms with Crippen molar-refractivity contribution >= 4 is 11.6 Å². The highest BCUT2D eigenvalue weighted by molar-refractivity contribution is 5.93. The van der Waals surface area contributed by atoms with Gasteiger partial charge in [-0.05, 0) is 43.0 Å². The van der Waals surface area contributed by atoms with Crippen LogP contribution in [0.2, 0.25) is 0 Å². The molecule has 1 N–H and O–H groups in total. The van der Waals surface area contributed by atoms with E-state index in [4.69, 9.17) is 0 Å². The Morgan fingerprint density at radius 3 is 2.48 bits per heavy atom. The molecule has 144 valence electrons. The van der Waals surface area contributed by atoms with Crippen molar-refractivity contribution in [3.05, 3.63) is 66.2 Å². The average Bonchev–Trinajstić information content (AvgIpc) is 2.73. The second-order valence-electron chi connectivity index (χ2n) is 7.39. The highest BCUT2D eigenvalue weighted by Gasteiger charge is 2.26. The summed E-state index contributed by atoms with van der Waals surface area (Å²) in [5.74, 6) is 0.597. The number of hydrogen-bond acceptors (Lipinski definition) is 3. The Morgan fingerprint density at radius 2 is 1.81 bits per heavy atom. The lowest BCUT2D eigenvalue weighted by atomic mass is 9.96.